The number of benzene rings is 2. The molecule has 3 rings (SSSR count). The van der Waals surface area contributed by atoms with E-state index in [9.17, 15) is 9.59 Å². The number of rotatable bonds is 9. The van der Waals surface area contributed by atoms with Crippen molar-refractivity contribution in [2.75, 3.05) is 20.3 Å². The minimum atomic E-state index is -1.07. The van der Waals surface area contributed by atoms with Crippen molar-refractivity contribution in [1.29, 1.82) is 0 Å². The van der Waals surface area contributed by atoms with Gasteiger partial charge in [-0.25, -0.2) is 9.79 Å². The van der Waals surface area contributed by atoms with Crippen LogP contribution in [0, 0.1) is 0 Å². The summed E-state index contributed by atoms with van der Waals surface area (Å²) in [5, 5.41) is 9.66. The van der Waals surface area contributed by atoms with Crippen LogP contribution >= 0.6 is 11.8 Å². The van der Waals surface area contributed by atoms with E-state index in [-0.39, 0.29) is 5.91 Å². The second kappa shape index (κ2) is 10.9. The van der Waals surface area contributed by atoms with Gasteiger partial charge in [0.15, 0.2) is 22.8 Å². The van der Waals surface area contributed by atoms with Gasteiger partial charge in [0.25, 0.3) is 5.91 Å². The number of hydrogen-bond acceptors (Lipinski definition) is 7. The fraction of sp³-hybridized carbons (Fsp3) is 0.292. The zero-order valence-corrected chi connectivity index (χ0v) is 19.7. The molecule has 1 fully saturated rings. The number of amides is 1. The lowest BCUT2D eigenvalue weighted by molar-refractivity contribution is -0.144. The molecule has 0 unspecified atom stereocenters. The van der Waals surface area contributed by atoms with E-state index in [1.807, 2.05) is 38.1 Å². The van der Waals surface area contributed by atoms with E-state index in [0.717, 1.165) is 17.0 Å². The molecular weight excluding hydrogens is 444 g/mol. The number of carbonyl (C=O) groups is 2. The zero-order valence-electron chi connectivity index (χ0n) is 18.9. The molecule has 8 nitrogen and oxygen atoms in total. The second-order valence-corrected chi connectivity index (χ2v) is 8.00. The number of carboxylic acids is 1. The second-order valence-electron chi connectivity index (χ2n) is 6.99. The van der Waals surface area contributed by atoms with Gasteiger partial charge >= 0.3 is 5.97 Å². The van der Waals surface area contributed by atoms with Gasteiger partial charge in [0, 0.05) is 6.54 Å². The molecular formula is C24H26N2O6S. The molecule has 174 valence electrons. The number of methoxy groups -OCH3 is 1. The Kier molecular flexibility index (Phi) is 8.00. The Hall–Kier alpha value is -3.46. The summed E-state index contributed by atoms with van der Waals surface area (Å²) in [4.78, 5) is 30.8. The van der Waals surface area contributed by atoms with Crippen molar-refractivity contribution in [3.63, 3.8) is 0 Å². The highest BCUT2D eigenvalue weighted by Gasteiger charge is 2.32. The molecule has 9 heteroatoms. The highest BCUT2D eigenvalue weighted by molar-refractivity contribution is 8.18. The number of amidine groups is 1. The average Bonchev–Trinajstić information content (AvgIpc) is 3.09. The van der Waals surface area contributed by atoms with E-state index in [0.29, 0.717) is 34.7 Å². The van der Waals surface area contributed by atoms with Crippen molar-refractivity contribution in [3.05, 3.63) is 52.9 Å². The van der Waals surface area contributed by atoms with E-state index < -0.39 is 12.1 Å². The van der Waals surface area contributed by atoms with Crippen molar-refractivity contribution in [1.82, 2.24) is 4.90 Å². The zero-order chi connectivity index (χ0) is 24.0. The molecule has 0 spiro atoms. The molecule has 0 aliphatic carbocycles. The lowest BCUT2D eigenvalue weighted by atomic mass is 10.2. The molecule has 1 aliphatic heterocycles. The molecule has 1 amide bonds. The molecule has 1 N–H and O–H groups in total. The van der Waals surface area contributed by atoms with Crippen LogP contribution in [-0.2, 0) is 9.59 Å². The standard InChI is InChI=1S/C24H26N2O6S/c1-5-26-22(27)21(33-24(26)25-17-8-10-18(11-9-17)31-6-2)14-16-7-12-19(20(13-16)30-4)32-15(3)23(28)29/h7-15H,5-6H2,1-4H3,(H,28,29)/b21-14-,25-24?/t15-/m1/s1. The third-order valence-electron chi connectivity index (χ3n) is 4.71. The van der Waals surface area contributed by atoms with Gasteiger partial charge < -0.3 is 19.3 Å². The van der Waals surface area contributed by atoms with Gasteiger partial charge in [-0.3, -0.25) is 9.69 Å². The Bertz CT molecular complexity index is 1080. The predicted molar refractivity (Wildman–Crippen MR) is 128 cm³/mol. The summed E-state index contributed by atoms with van der Waals surface area (Å²) >= 11 is 1.29. The molecule has 1 saturated heterocycles. The van der Waals surface area contributed by atoms with Crippen molar-refractivity contribution < 1.29 is 28.9 Å². The van der Waals surface area contributed by atoms with Crippen LogP contribution < -0.4 is 14.2 Å². The molecule has 1 heterocycles. The van der Waals surface area contributed by atoms with Crippen LogP contribution in [-0.4, -0.2) is 53.4 Å². The highest BCUT2D eigenvalue weighted by atomic mass is 32.2. The fourth-order valence-corrected chi connectivity index (χ4v) is 4.09. The maximum absolute atomic E-state index is 12.9. The van der Waals surface area contributed by atoms with Gasteiger partial charge in [0.2, 0.25) is 0 Å². The Morgan fingerprint density at radius 2 is 1.91 bits per heavy atom. The van der Waals surface area contributed by atoms with E-state index in [1.165, 1.54) is 25.8 Å². The Balaban J connectivity index is 1.85. The third kappa shape index (κ3) is 5.87. The number of aliphatic imine (C=N–C) groups is 1. The first-order valence-corrected chi connectivity index (χ1v) is 11.3. The van der Waals surface area contributed by atoms with Gasteiger partial charge in [-0.15, -0.1) is 0 Å². The largest absolute Gasteiger partial charge is 0.494 e. The number of nitrogens with zero attached hydrogens (tertiary/aromatic N) is 2. The maximum atomic E-state index is 12.9. The average molecular weight is 471 g/mol. The minimum Gasteiger partial charge on any atom is -0.494 e. The summed E-state index contributed by atoms with van der Waals surface area (Å²) < 4.78 is 16.2. The van der Waals surface area contributed by atoms with Crippen LogP contribution in [0.15, 0.2) is 52.4 Å². The number of thioether (sulfide) groups is 1. The van der Waals surface area contributed by atoms with Crippen molar-refractivity contribution >= 4 is 40.6 Å². The smallest absolute Gasteiger partial charge is 0.344 e. The SMILES string of the molecule is CCOc1ccc(N=C2S/C(=C\c3ccc(O[C@H](C)C(=O)O)c(OC)c3)C(=O)N2CC)cc1. The first-order valence-electron chi connectivity index (χ1n) is 10.5. The molecule has 0 aromatic heterocycles. The molecule has 0 saturated carbocycles. The monoisotopic (exact) mass is 470 g/mol. The van der Waals surface area contributed by atoms with Crippen LogP contribution in [0.25, 0.3) is 6.08 Å². The van der Waals surface area contributed by atoms with E-state index >= 15 is 0 Å². The van der Waals surface area contributed by atoms with Crippen molar-refractivity contribution in [2.45, 2.75) is 26.9 Å². The first-order chi connectivity index (χ1) is 15.9. The predicted octanol–water partition coefficient (Wildman–Crippen LogP) is 4.57. The Morgan fingerprint density at radius 1 is 1.18 bits per heavy atom. The van der Waals surface area contributed by atoms with Gasteiger partial charge in [-0.1, -0.05) is 6.07 Å². The van der Waals surface area contributed by atoms with Gasteiger partial charge in [0.1, 0.15) is 5.75 Å². The minimum absolute atomic E-state index is 0.133. The summed E-state index contributed by atoms with van der Waals surface area (Å²) in [6, 6.07) is 12.5. The van der Waals surface area contributed by atoms with E-state index in [2.05, 4.69) is 4.99 Å². The van der Waals surface area contributed by atoms with Crippen molar-refractivity contribution in [2.24, 2.45) is 4.99 Å². The highest BCUT2D eigenvalue weighted by Crippen LogP contribution is 2.36. The van der Waals surface area contributed by atoms with Gasteiger partial charge in [-0.05, 0) is 80.6 Å². The number of likely N-dealkylation sites (N-methyl/N-ethyl adjacent to an activating group) is 1. The number of carboxylic acid groups (broad SMARTS) is 1. The van der Waals surface area contributed by atoms with Crippen LogP contribution in [0.4, 0.5) is 5.69 Å². The number of hydrogen-bond donors (Lipinski definition) is 1. The molecule has 0 bridgehead atoms. The van der Waals surface area contributed by atoms with Crippen LogP contribution in [0.2, 0.25) is 0 Å². The normalized spacial score (nSPS) is 16.8. The number of carbonyl (C=O) groups excluding carboxylic acids is 1. The van der Waals surface area contributed by atoms with Gasteiger partial charge in [-0.2, -0.15) is 0 Å². The lowest BCUT2D eigenvalue weighted by Crippen LogP contribution is -2.28. The summed E-state index contributed by atoms with van der Waals surface area (Å²) in [6.45, 7) is 6.34. The Morgan fingerprint density at radius 3 is 2.52 bits per heavy atom. The van der Waals surface area contributed by atoms with E-state index in [4.69, 9.17) is 19.3 Å². The molecule has 33 heavy (non-hydrogen) atoms. The number of ether oxygens (including phenoxy) is 3. The third-order valence-corrected chi connectivity index (χ3v) is 5.72. The van der Waals surface area contributed by atoms with E-state index in [1.54, 1.807) is 29.2 Å². The summed E-state index contributed by atoms with van der Waals surface area (Å²) in [6.07, 6.45) is 0.734. The number of aliphatic carboxylic acids is 1. The van der Waals surface area contributed by atoms with Crippen LogP contribution in [0.5, 0.6) is 17.2 Å². The fourth-order valence-electron chi connectivity index (χ4n) is 3.03. The summed E-state index contributed by atoms with van der Waals surface area (Å²) in [5.41, 5.74) is 1.44. The first kappa shape index (κ1) is 24.2. The Labute approximate surface area is 196 Å². The molecule has 2 aromatic carbocycles. The van der Waals surface area contributed by atoms with Crippen molar-refractivity contribution in [3.8, 4) is 17.2 Å². The molecule has 2 aromatic rings. The quantitative estimate of drug-likeness (QED) is 0.536. The topological polar surface area (TPSA) is 97.7 Å². The maximum Gasteiger partial charge on any atom is 0.344 e. The summed E-state index contributed by atoms with van der Waals surface area (Å²) in [5.74, 6) is 0.251. The lowest BCUT2D eigenvalue weighted by Gasteiger charge is -2.14. The molecule has 1 aliphatic rings. The van der Waals surface area contributed by atoms with Crippen LogP contribution in [0.1, 0.15) is 26.3 Å². The molecule has 0 radical (unpaired) electrons. The van der Waals surface area contributed by atoms with Gasteiger partial charge in [0.05, 0.1) is 24.3 Å². The summed E-state index contributed by atoms with van der Waals surface area (Å²) in [7, 11) is 1.47. The molecule has 1 atom stereocenters. The van der Waals surface area contributed by atoms with Crippen LogP contribution in [0.3, 0.4) is 0 Å².